The van der Waals surface area contributed by atoms with Gasteiger partial charge in [0.15, 0.2) is 0 Å². The van der Waals surface area contributed by atoms with E-state index < -0.39 is 17.6 Å². The zero-order chi connectivity index (χ0) is 22.9. The standard InChI is InChI=1S/C18H42O6S4Si2/c1-17(13-9-11-15-29(19-3,20-4)21-5)25-27-28-26-18(2)14-10-12-16-30(22-6,23-7)24-8/h17-18H,9-16H2,1-8H3. The molecule has 30 heavy (non-hydrogen) atoms. The van der Waals surface area contributed by atoms with Gasteiger partial charge in [0.1, 0.15) is 0 Å². The summed E-state index contributed by atoms with van der Waals surface area (Å²) in [5.41, 5.74) is 0. The van der Waals surface area contributed by atoms with Crippen LogP contribution in [0.5, 0.6) is 0 Å². The van der Waals surface area contributed by atoms with E-state index in [2.05, 4.69) is 13.8 Å². The topological polar surface area (TPSA) is 55.4 Å². The van der Waals surface area contributed by atoms with E-state index in [1.165, 1.54) is 25.7 Å². The predicted octanol–water partition coefficient (Wildman–Crippen LogP) is 6.54. The van der Waals surface area contributed by atoms with Crippen LogP contribution in [0.15, 0.2) is 0 Å². The molecule has 0 aliphatic heterocycles. The lowest BCUT2D eigenvalue weighted by Gasteiger charge is -2.24. The molecule has 0 bridgehead atoms. The Morgan fingerprint density at radius 1 is 0.533 bits per heavy atom. The molecule has 0 aromatic carbocycles. The van der Waals surface area contributed by atoms with Crippen molar-refractivity contribution in [3.63, 3.8) is 0 Å². The molecule has 0 aromatic rings. The van der Waals surface area contributed by atoms with Crippen molar-refractivity contribution < 1.29 is 26.6 Å². The van der Waals surface area contributed by atoms with Crippen molar-refractivity contribution in [3.8, 4) is 0 Å². The maximum Gasteiger partial charge on any atom is 0.500 e. The van der Waals surface area contributed by atoms with Crippen LogP contribution >= 0.6 is 41.2 Å². The van der Waals surface area contributed by atoms with E-state index in [-0.39, 0.29) is 0 Å². The van der Waals surface area contributed by atoms with Crippen LogP contribution in [0.2, 0.25) is 12.1 Å². The molecule has 0 spiro atoms. The fourth-order valence-corrected chi connectivity index (χ4v) is 13.7. The molecule has 0 radical (unpaired) electrons. The maximum absolute atomic E-state index is 5.48. The molecule has 2 atom stereocenters. The Hall–Kier alpha value is 1.59. The molecule has 0 aromatic heterocycles. The van der Waals surface area contributed by atoms with Gasteiger partial charge in [-0.3, -0.25) is 0 Å². The molecule has 0 amide bonds. The van der Waals surface area contributed by atoms with E-state index in [0.717, 1.165) is 24.9 Å². The summed E-state index contributed by atoms with van der Waals surface area (Å²) in [5.74, 6) is 0. The highest BCUT2D eigenvalue weighted by atomic mass is 33.7. The van der Waals surface area contributed by atoms with Crippen LogP contribution in [0, 0.1) is 0 Å². The van der Waals surface area contributed by atoms with Crippen molar-refractivity contribution in [2.24, 2.45) is 0 Å². The Balaban J connectivity index is 3.76. The third-order valence-electron chi connectivity index (χ3n) is 4.99. The molecule has 0 rings (SSSR count). The average molecular weight is 539 g/mol. The highest BCUT2D eigenvalue weighted by Gasteiger charge is 2.37. The smallest absolute Gasteiger partial charge is 0.377 e. The molecule has 0 fully saturated rings. The highest BCUT2D eigenvalue weighted by Crippen LogP contribution is 2.48. The molecular weight excluding hydrogens is 497 g/mol. The molecule has 2 unspecified atom stereocenters. The van der Waals surface area contributed by atoms with Crippen molar-refractivity contribution in [3.05, 3.63) is 0 Å². The van der Waals surface area contributed by atoms with Crippen LogP contribution in [-0.4, -0.2) is 70.8 Å². The molecule has 0 heterocycles. The van der Waals surface area contributed by atoms with E-state index in [1.807, 2.05) is 41.2 Å². The second kappa shape index (κ2) is 19.0. The summed E-state index contributed by atoms with van der Waals surface area (Å²) in [6.07, 6.45) is 6.89. The van der Waals surface area contributed by atoms with Crippen molar-refractivity contribution in [1.82, 2.24) is 0 Å². The van der Waals surface area contributed by atoms with Gasteiger partial charge in [-0.1, -0.05) is 48.3 Å². The first-order valence-electron chi connectivity index (χ1n) is 10.3. The Labute approximate surface area is 202 Å². The van der Waals surface area contributed by atoms with Crippen molar-refractivity contribution in [2.45, 2.75) is 75.0 Å². The lowest BCUT2D eigenvalue weighted by Crippen LogP contribution is -2.42. The summed E-state index contributed by atoms with van der Waals surface area (Å²) < 4.78 is 32.9. The summed E-state index contributed by atoms with van der Waals surface area (Å²) in [7, 11) is 13.0. The van der Waals surface area contributed by atoms with Crippen molar-refractivity contribution in [1.29, 1.82) is 0 Å². The summed E-state index contributed by atoms with van der Waals surface area (Å²) in [4.78, 5) is 0. The van der Waals surface area contributed by atoms with Gasteiger partial charge in [-0.05, 0) is 45.3 Å². The summed E-state index contributed by atoms with van der Waals surface area (Å²) in [5, 5.41) is 1.27. The normalized spacial score (nSPS) is 14.8. The lowest BCUT2D eigenvalue weighted by molar-refractivity contribution is 0.122. The van der Waals surface area contributed by atoms with E-state index in [1.54, 1.807) is 42.7 Å². The fraction of sp³-hybridized carbons (Fsp3) is 1.00. The first-order valence-corrected chi connectivity index (χ1v) is 19.1. The summed E-state index contributed by atoms with van der Waals surface area (Å²) >= 11 is 0. The Kier molecular flexibility index (Phi) is 20.0. The van der Waals surface area contributed by atoms with Gasteiger partial charge in [-0.2, -0.15) is 0 Å². The minimum Gasteiger partial charge on any atom is -0.377 e. The lowest BCUT2D eigenvalue weighted by atomic mass is 10.2. The zero-order valence-electron chi connectivity index (χ0n) is 19.9. The average Bonchev–Trinajstić information content (AvgIpc) is 2.78. The third-order valence-corrected chi connectivity index (χ3v) is 18.0. The Morgan fingerprint density at radius 2 is 0.833 bits per heavy atom. The van der Waals surface area contributed by atoms with Gasteiger partial charge in [0.05, 0.1) is 0 Å². The zero-order valence-corrected chi connectivity index (χ0v) is 25.2. The molecule has 0 aliphatic carbocycles. The van der Waals surface area contributed by atoms with Gasteiger partial charge in [-0.25, -0.2) is 0 Å². The van der Waals surface area contributed by atoms with Gasteiger partial charge >= 0.3 is 17.6 Å². The molecule has 12 heteroatoms. The van der Waals surface area contributed by atoms with Gasteiger partial charge in [0.25, 0.3) is 0 Å². The van der Waals surface area contributed by atoms with Crippen LogP contribution in [0.1, 0.15) is 52.4 Å². The van der Waals surface area contributed by atoms with Gasteiger partial charge in [0.2, 0.25) is 0 Å². The van der Waals surface area contributed by atoms with Crippen LogP contribution in [0.25, 0.3) is 0 Å². The predicted molar refractivity (Wildman–Crippen MR) is 140 cm³/mol. The minimum atomic E-state index is -2.40. The molecule has 0 saturated heterocycles. The Bertz CT molecular complexity index is 354. The SMILES string of the molecule is CO[Si](CCCCC(C)SSSSC(C)CCCC[Si](OC)(OC)OC)(OC)OC. The molecule has 6 nitrogen and oxygen atoms in total. The summed E-state index contributed by atoms with van der Waals surface area (Å²) in [6.45, 7) is 4.61. The first-order chi connectivity index (χ1) is 14.4. The maximum atomic E-state index is 5.48. The number of unbranched alkanes of at least 4 members (excludes halogenated alkanes) is 2. The summed E-state index contributed by atoms with van der Waals surface area (Å²) in [6, 6.07) is 1.76. The largest absolute Gasteiger partial charge is 0.500 e. The second-order valence-corrected chi connectivity index (χ2v) is 19.9. The molecule has 182 valence electrons. The van der Waals surface area contributed by atoms with Gasteiger partial charge in [-0.15, -0.1) is 0 Å². The fourth-order valence-electron chi connectivity index (χ4n) is 2.92. The number of rotatable bonds is 21. The quantitative estimate of drug-likeness (QED) is 0.0914. The first kappa shape index (κ1) is 31.6. The van der Waals surface area contributed by atoms with Crippen LogP contribution in [0.3, 0.4) is 0 Å². The third kappa shape index (κ3) is 13.3. The van der Waals surface area contributed by atoms with Crippen molar-refractivity contribution in [2.75, 3.05) is 42.7 Å². The number of hydrogen-bond donors (Lipinski definition) is 0. The van der Waals surface area contributed by atoms with Gasteiger partial charge in [0, 0.05) is 65.2 Å². The Morgan fingerprint density at radius 3 is 1.10 bits per heavy atom. The van der Waals surface area contributed by atoms with Crippen molar-refractivity contribution >= 4 is 58.8 Å². The molecular formula is C18H42O6S4Si2. The molecule has 0 aliphatic rings. The van der Waals surface area contributed by atoms with Crippen LogP contribution in [0.4, 0.5) is 0 Å². The van der Waals surface area contributed by atoms with Crippen LogP contribution in [-0.2, 0) is 26.6 Å². The van der Waals surface area contributed by atoms with E-state index in [0.29, 0.717) is 10.5 Å². The van der Waals surface area contributed by atoms with E-state index in [4.69, 9.17) is 26.6 Å². The minimum absolute atomic E-state index is 0.636. The second-order valence-electron chi connectivity index (χ2n) is 7.03. The number of hydrogen-bond acceptors (Lipinski definition) is 10. The molecule has 0 saturated carbocycles. The van der Waals surface area contributed by atoms with E-state index in [9.17, 15) is 0 Å². The van der Waals surface area contributed by atoms with E-state index >= 15 is 0 Å². The van der Waals surface area contributed by atoms with Crippen LogP contribution < -0.4 is 0 Å². The monoisotopic (exact) mass is 538 g/mol. The molecule has 0 N–H and O–H groups in total. The highest BCUT2D eigenvalue weighted by molar-refractivity contribution is 9.26. The van der Waals surface area contributed by atoms with Gasteiger partial charge < -0.3 is 26.6 Å².